The lowest BCUT2D eigenvalue weighted by Crippen LogP contribution is -2.40. The van der Waals surface area contributed by atoms with Crippen molar-refractivity contribution in [2.75, 3.05) is 13.7 Å². The van der Waals surface area contributed by atoms with Crippen LogP contribution in [0.15, 0.2) is 0 Å². The number of hydrogen-bond donors (Lipinski definition) is 0. The second-order valence-corrected chi connectivity index (χ2v) is 4.66. The van der Waals surface area contributed by atoms with E-state index in [1.54, 1.807) is 0 Å². The van der Waals surface area contributed by atoms with Crippen LogP contribution in [0.3, 0.4) is 0 Å². The smallest absolute Gasteiger partial charge is 0.307 e. The maximum Gasteiger partial charge on any atom is 0.307 e. The van der Waals surface area contributed by atoms with E-state index >= 15 is 0 Å². The first-order chi connectivity index (χ1) is 6.70. The second kappa shape index (κ2) is 3.89. The number of fused-ring (bicyclic) bond motifs is 2. The maximum atomic E-state index is 11.1. The number of piperidine rings is 1. The van der Waals surface area contributed by atoms with Gasteiger partial charge in [0.2, 0.25) is 0 Å². The Hall–Kier alpha value is -0.570. The summed E-state index contributed by atoms with van der Waals surface area (Å²) in [5.74, 6) is 0.820. The molecule has 3 nitrogen and oxygen atoms in total. The summed E-state index contributed by atoms with van der Waals surface area (Å²) < 4.78 is 4.69. The molecule has 80 valence electrons. The van der Waals surface area contributed by atoms with Gasteiger partial charge in [-0.3, -0.25) is 9.69 Å². The highest BCUT2D eigenvalue weighted by Crippen LogP contribution is 2.38. The lowest BCUT2D eigenvalue weighted by Gasteiger charge is -2.32. The molecule has 0 aromatic heterocycles. The standard InChI is InChI=1S/C11H19NO2/c1-8(5-11(13)14-2)12-7-9-3-4-10(12)6-9/h8-10H,3-7H2,1-2H3. The van der Waals surface area contributed by atoms with Crippen LogP contribution < -0.4 is 0 Å². The van der Waals surface area contributed by atoms with E-state index in [4.69, 9.17) is 4.74 Å². The fourth-order valence-electron chi connectivity index (χ4n) is 2.94. The third-order valence-corrected chi connectivity index (χ3v) is 3.71. The number of carbonyl (C=O) groups excluding carboxylic acids is 1. The number of likely N-dealkylation sites (tertiary alicyclic amines) is 1. The molecule has 1 saturated carbocycles. The summed E-state index contributed by atoms with van der Waals surface area (Å²) in [6.07, 6.45) is 4.62. The lowest BCUT2D eigenvalue weighted by molar-refractivity contribution is -0.142. The summed E-state index contributed by atoms with van der Waals surface area (Å²) in [5.41, 5.74) is 0. The van der Waals surface area contributed by atoms with E-state index in [0.29, 0.717) is 12.5 Å². The minimum atomic E-state index is -0.0831. The molecule has 0 N–H and O–H groups in total. The van der Waals surface area contributed by atoms with Gasteiger partial charge in [0.25, 0.3) is 0 Å². The van der Waals surface area contributed by atoms with Gasteiger partial charge >= 0.3 is 5.97 Å². The van der Waals surface area contributed by atoms with Crippen molar-refractivity contribution in [3.05, 3.63) is 0 Å². The minimum Gasteiger partial charge on any atom is -0.469 e. The number of ether oxygens (including phenoxy) is 1. The molecule has 1 heterocycles. The molecule has 3 atom stereocenters. The molecule has 0 aromatic carbocycles. The highest BCUT2D eigenvalue weighted by molar-refractivity contribution is 5.69. The monoisotopic (exact) mass is 197 g/mol. The summed E-state index contributed by atoms with van der Waals surface area (Å²) in [6, 6.07) is 1.11. The van der Waals surface area contributed by atoms with Gasteiger partial charge in [-0.2, -0.15) is 0 Å². The van der Waals surface area contributed by atoms with Crippen LogP contribution >= 0.6 is 0 Å². The Bertz CT molecular complexity index is 229. The number of rotatable bonds is 3. The average molecular weight is 197 g/mol. The summed E-state index contributed by atoms with van der Waals surface area (Å²) in [4.78, 5) is 13.6. The van der Waals surface area contributed by atoms with E-state index in [2.05, 4.69) is 11.8 Å². The van der Waals surface area contributed by atoms with Crippen molar-refractivity contribution in [3.8, 4) is 0 Å². The fraction of sp³-hybridized carbons (Fsp3) is 0.909. The van der Waals surface area contributed by atoms with Crippen LogP contribution in [-0.2, 0) is 9.53 Å². The number of hydrogen-bond acceptors (Lipinski definition) is 3. The second-order valence-electron chi connectivity index (χ2n) is 4.66. The van der Waals surface area contributed by atoms with Crippen LogP contribution in [0.1, 0.15) is 32.6 Å². The molecule has 1 saturated heterocycles. The Morgan fingerprint density at radius 3 is 2.86 bits per heavy atom. The van der Waals surface area contributed by atoms with E-state index in [0.717, 1.165) is 12.0 Å². The van der Waals surface area contributed by atoms with Gasteiger partial charge in [0.05, 0.1) is 13.5 Å². The number of nitrogens with zero attached hydrogens (tertiary/aromatic N) is 1. The number of methoxy groups -OCH3 is 1. The molecule has 1 aliphatic carbocycles. The molecule has 0 spiro atoms. The van der Waals surface area contributed by atoms with Gasteiger partial charge in [-0.25, -0.2) is 0 Å². The van der Waals surface area contributed by atoms with Gasteiger partial charge in [0.1, 0.15) is 0 Å². The first-order valence-electron chi connectivity index (χ1n) is 5.53. The topological polar surface area (TPSA) is 29.5 Å². The Morgan fingerprint density at radius 2 is 2.36 bits per heavy atom. The Labute approximate surface area is 85.4 Å². The summed E-state index contributed by atoms with van der Waals surface area (Å²) in [6.45, 7) is 3.33. The average Bonchev–Trinajstić information content (AvgIpc) is 2.78. The highest BCUT2D eigenvalue weighted by Gasteiger charge is 2.40. The fourth-order valence-corrected chi connectivity index (χ4v) is 2.94. The molecule has 14 heavy (non-hydrogen) atoms. The summed E-state index contributed by atoms with van der Waals surface area (Å²) in [7, 11) is 1.46. The predicted octanol–water partition coefficient (Wildman–Crippen LogP) is 1.42. The molecule has 2 fully saturated rings. The number of esters is 1. The third-order valence-electron chi connectivity index (χ3n) is 3.71. The van der Waals surface area contributed by atoms with E-state index in [1.165, 1.54) is 32.9 Å². The molecule has 0 aromatic rings. The maximum absolute atomic E-state index is 11.1. The largest absolute Gasteiger partial charge is 0.469 e. The van der Waals surface area contributed by atoms with E-state index in [-0.39, 0.29) is 5.97 Å². The van der Waals surface area contributed by atoms with E-state index < -0.39 is 0 Å². The van der Waals surface area contributed by atoms with Gasteiger partial charge in [0, 0.05) is 18.6 Å². The first-order valence-corrected chi connectivity index (χ1v) is 5.53. The van der Waals surface area contributed by atoms with Gasteiger partial charge in [-0.05, 0) is 32.1 Å². The summed E-state index contributed by atoms with van der Waals surface area (Å²) in [5, 5.41) is 0. The van der Waals surface area contributed by atoms with Gasteiger partial charge < -0.3 is 4.74 Å². The third kappa shape index (κ3) is 1.78. The quantitative estimate of drug-likeness (QED) is 0.641. The van der Waals surface area contributed by atoms with Crippen molar-refractivity contribution >= 4 is 5.97 Å². The zero-order valence-corrected chi connectivity index (χ0v) is 9.03. The first kappa shape index (κ1) is 9.97. The molecular weight excluding hydrogens is 178 g/mol. The normalized spacial score (nSPS) is 33.3. The zero-order chi connectivity index (χ0) is 10.1. The SMILES string of the molecule is COC(=O)CC(C)N1CC2CCC1C2. The van der Waals surface area contributed by atoms with Gasteiger partial charge in [-0.15, -0.1) is 0 Å². The molecule has 2 aliphatic rings. The molecule has 3 heteroatoms. The molecule has 0 amide bonds. The van der Waals surface area contributed by atoms with Crippen LogP contribution in [0.2, 0.25) is 0 Å². The summed E-state index contributed by atoms with van der Waals surface area (Å²) >= 11 is 0. The van der Waals surface area contributed by atoms with Crippen molar-refractivity contribution in [3.63, 3.8) is 0 Å². The predicted molar refractivity (Wildman–Crippen MR) is 53.9 cm³/mol. The van der Waals surface area contributed by atoms with Crippen LogP contribution in [0.5, 0.6) is 0 Å². The van der Waals surface area contributed by atoms with Gasteiger partial charge in [0.15, 0.2) is 0 Å². The van der Waals surface area contributed by atoms with Crippen molar-refractivity contribution in [1.29, 1.82) is 0 Å². The van der Waals surface area contributed by atoms with Crippen LogP contribution in [-0.4, -0.2) is 36.6 Å². The highest BCUT2D eigenvalue weighted by atomic mass is 16.5. The zero-order valence-electron chi connectivity index (χ0n) is 9.03. The van der Waals surface area contributed by atoms with Crippen molar-refractivity contribution in [2.45, 2.75) is 44.7 Å². The molecule has 3 unspecified atom stereocenters. The Balaban J connectivity index is 1.86. The lowest BCUT2D eigenvalue weighted by atomic mass is 10.1. The number of carbonyl (C=O) groups is 1. The minimum absolute atomic E-state index is 0.0831. The van der Waals surface area contributed by atoms with E-state index in [1.807, 2.05) is 0 Å². The van der Waals surface area contributed by atoms with Crippen LogP contribution in [0.25, 0.3) is 0 Å². The van der Waals surface area contributed by atoms with Crippen LogP contribution in [0, 0.1) is 5.92 Å². The molecule has 1 aliphatic heterocycles. The molecule has 0 radical (unpaired) electrons. The van der Waals surface area contributed by atoms with Gasteiger partial charge in [-0.1, -0.05) is 0 Å². The van der Waals surface area contributed by atoms with Crippen molar-refractivity contribution in [1.82, 2.24) is 4.90 Å². The molecule has 2 rings (SSSR count). The van der Waals surface area contributed by atoms with Crippen LogP contribution in [0.4, 0.5) is 0 Å². The van der Waals surface area contributed by atoms with Crippen molar-refractivity contribution in [2.24, 2.45) is 5.92 Å². The Morgan fingerprint density at radius 1 is 1.57 bits per heavy atom. The van der Waals surface area contributed by atoms with Crippen molar-refractivity contribution < 1.29 is 9.53 Å². The Kier molecular flexibility index (Phi) is 2.77. The molecule has 2 bridgehead atoms. The molecular formula is C11H19NO2. The van der Waals surface area contributed by atoms with E-state index in [9.17, 15) is 4.79 Å².